The van der Waals surface area contributed by atoms with Gasteiger partial charge in [-0.15, -0.1) is 0 Å². The molecular formula is C23H29N5O. The normalized spacial score (nSPS) is 23.9. The summed E-state index contributed by atoms with van der Waals surface area (Å²) in [6, 6.07) is 6.64. The summed E-state index contributed by atoms with van der Waals surface area (Å²) in [5.41, 5.74) is 5.62. The van der Waals surface area contributed by atoms with Crippen molar-refractivity contribution < 1.29 is 4.79 Å². The fraction of sp³-hybridized carbons (Fsp3) is 0.435. The monoisotopic (exact) mass is 391 g/mol. The average molecular weight is 392 g/mol. The van der Waals surface area contributed by atoms with E-state index in [2.05, 4.69) is 58.7 Å². The Balaban J connectivity index is 1.78. The van der Waals surface area contributed by atoms with Gasteiger partial charge in [0.2, 0.25) is 5.91 Å². The molecule has 0 spiro atoms. The van der Waals surface area contributed by atoms with Crippen LogP contribution in [0.25, 0.3) is 5.57 Å². The molecular weight excluding hydrogens is 362 g/mol. The van der Waals surface area contributed by atoms with Crippen LogP contribution in [0.5, 0.6) is 0 Å². The number of carbonyl (C=O) groups is 1. The van der Waals surface area contributed by atoms with Crippen LogP contribution in [0.15, 0.2) is 36.7 Å². The van der Waals surface area contributed by atoms with Gasteiger partial charge in [0.25, 0.3) is 0 Å². The highest BCUT2D eigenvalue weighted by molar-refractivity contribution is 5.94. The molecule has 29 heavy (non-hydrogen) atoms. The second-order valence-corrected chi connectivity index (χ2v) is 8.11. The number of aromatic nitrogens is 2. The van der Waals surface area contributed by atoms with Crippen LogP contribution in [0, 0.1) is 12.8 Å². The Morgan fingerprint density at radius 3 is 2.72 bits per heavy atom. The molecule has 0 radical (unpaired) electrons. The molecule has 1 aromatic heterocycles. The Morgan fingerprint density at radius 2 is 2.07 bits per heavy atom. The lowest BCUT2D eigenvalue weighted by Gasteiger charge is -2.44. The zero-order valence-corrected chi connectivity index (χ0v) is 17.6. The quantitative estimate of drug-likeness (QED) is 0.835. The zero-order valence-electron chi connectivity index (χ0n) is 17.6. The van der Waals surface area contributed by atoms with Gasteiger partial charge in [0.15, 0.2) is 0 Å². The highest BCUT2D eigenvalue weighted by atomic mass is 16.2. The molecule has 2 aliphatic heterocycles. The van der Waals surface area contributed by atoms with Crippen LogP contribution in [0.2, 0.25) is 0 Å². The average Bonchev–Trinajstić information content (AvgIpc) is 2.73. The highest BCUT2D eigenvalue weighted by Crippen LogP contribution is 2.43. The van der Waals surface area contributed by atoms with Gasteiger partial charge >= 0.3 is 0 Å². The van der Waals surface area contributed by atoms with Crippen LogP contribution in [-0.2, 0) is 4.79 Å². The number of hydrogen-bond acceptors (Lipinski definition) is 5. The summed E-state index contributed by atoms with van der Waals surface area (Å²) in [5.74, 6) is 1.05. The molecule has 152 valence electrons. The number of rotatable bonds is 3. The first-order valence-electron chi connectivity index (χ1n) is 10.3. The van der Waals surface area contributed by atoms with E-state index in [1.807, 2.05) is 11.8 Å². The molecule has 6 heteroatoms. The van der Waals surface area contributed by atoms with Crippen molar-refractivity contribution >= 4 is 23.0 Å². The highest BCUT2D eigenvalue weighted by Gasteiger charge is 2.38. The van der Waals surface area contributed by atoms with Gasteiger partial charge < -0.3 is 15.5 Å². The van der Waals surface area contributed by atoms with E-state index in [0.717, 1.165) is 42.3 Å². The van der Waals surface area contributed by atoms with Crippen LogP contribution in [0.4, 0.5) is 11.5 Å². The smallest absolute Gasteiger partial charge is 0.224 e. The topological polar surface area (TPSA) is 70.2 Å². The number of benzene rings is 1. The van der Waals surface area contributed by atoms with Gasteiger partial charge in [-0.3, -0.25) is 9.78 Å². The maximum absolute atomic E-state index is 12.5. The van der Waals surface area contributed by atoms with Crippen LogP contribution in [0.3, 0.4) is 0 Å². The lowest BCUT2D eigenvalue weighted by Crippen LogP contribution is -2.48. The predicted octanol–water partition coefficient (Wildman–Crippen LogP) is 3.71. The van der Waals surface area contributed by atoms with Crippen LogP contribution >= 0.6 is 0 Å². The molecule has 0 saturated carbocycles. The fourth-order valence-electron chi connectivity index (χ4n) is 4.42. The number of anilines is 2. The van der Waals surface area contributed by atoms with E-state index < -0.39 is 0 Å². The van der Waals surface area contributed by atoms with E-state index in [0.29, 0.717) is 0 Å². The van der Waals surface area contributed by atoms with Gasteiger partial charge in [-0.2, -0.15) is 0 Å². The number of amides is 1. The Hall–Kier alpha value is -2.73. The largest absolute Gasteiger partial charge is 0.362 e. The summed E-state index contributed by atoms with van der Waals surface area (Å²) in [4.78, 5) is 23.3. The van der Waals surface area contributed by atoms with Gasteiger partial charge in [0, 0.05) is 31.1 Å². The first kappa shape index (κ1) is 19.6. The number of fused-ring (bicyclic) bond motifs is 1. The number of hydrogen-bond donors (Lipinski definition) is 2. The first-order valence-corrected chi connectivity index (χ1v) is 10.3. The van der Waals surface area contributed by atoms with E-state index in [1.165, 1.54) is 11.1 Å². The third-order valence-electron chi connectivity index (χ3n) is 6.17. The second kappa shape index (κ2) is 7.95. The van der Waals surface area contributed by atoms with Crippen molar-refractivity contribution in [1.29, 1.82) is 0 Å². The fourth-order valence-corrected chi connectivity index (χ4v) is 4.42. The molecule has 0 fully saturated rings. The summed E-state index contributed by atoms with van der Waals surface area (Å²) < 4.78 is 0. The molecule has 2 N–H and O–H groups in total. The maximum atomic E-state index is 12.5. The van der Waals surface area contributed by atoms with Crippen LogP contribution in [0.1, 0.15) is 50.1 Å². The summed E-state index contributed by atoms with van der Waals surface area (Å²) in [7, 11) is 0. The van der Waals surface area contributed by atoms with Gasteiger partial charge in [0.05, 0.1) is 24.1 Å². The maximum Gasteiger partial charge on any atom is 0.224 e. The van der Waals surface area contributed by atoms with E-state index in [-0.39, 0.29) is 23.9 Å². The molecule has 0 saturated heterocycles. The minimum atomic E-state index is 0.0508. The lowest BCUT2D eigenvalue weighted by atomic mass is 9.81. The molecule has 6 nitrogen and oxygen atoms in total. The second-order valence-electron chi connectivity index (χ2n) is 8.11. The summed E-state index contributed by atoms with van der Waals surface area (Å²) >= 11 is 0. The van der Waals surface area contributed by atoms with Crippen molar-refractivity contribution in [1.82, 2.24) is 15.3 Å². The van der Waals surface area contributed by atoms with Crippen LogP contribution < -0.4 is 15.5 Å². The van der Waals surface area contributed by atoms with E-state index in [1.54, 1.807) is 19.3 Å². The predicted molar refractivity (Wildman–Crippen MR) is 117 cm³/mol. The molecule has 2 aliphatic rings. The Kier molecular flexibility index (Phi) is 5.37. The third kappa shape index (κ3) is 3.77. The third-order valence-corrected chi connectivity index (χ3v) is 6.17. The van der Waals surface area contributed by atoms with Gasteiger partial charge in [-0.1, -0.05) is 19.1 Å². The molecule has 0 aliphatic carbocycles. The molecule has 1 amide bonds. The van der Waals surface area contributed by atoms with E-state index >= 15 is 0 Å². The number of nitrogens with one attached hydrogen (secondary N) is 2. The SMILES string of the molecule is CC(=O)N1c2ccc(C3=CCNCC3)cc2C(Nc2cnc(C)cn2)[C@@H](C)[C@@H]1C. The minimum Gasteiger partial charge on any atom is -0.362 e. The van der Waals surface area contributed by atoms with Crippen molar-refractivity contribution in [2.24, 2.45) is 5.92 Å². The molecule has 0 bridgehead atoms. The molecule has 1 unspecified atom stereocenters. The number of aryl methyl sites for hydroxylation is 1. The zero-order chi connectivity index (χ0) is 20.5. The molecule has 2 aromatic rings. The van der Waals surface area contributed by atoms with Gasteiger partial charge in [-0.05, 0) is 55.6 Å². The molecule has 3 heterocycles. The van der Waals surface area contributed by atoms with Gasteiger partial charge in [0.1, 0.15) is 5.82 Å². The standard InChI is InChI=1S/C23H29N5O/c1-14-12-26-22(13-25-14)27-23-15(2)16(3)28(17(4)29)21-6-5-19(11-20(21)23)18-7-9-24-10-8-18/h5-7,11-13,15-16,23-24H,8-10H2,1-4H3,(H,26,27)/t15-,16-,23?/m0/s1. The van der Waals surface area contributed by atoms with Gasteiger partial charge in [-0.25, -0.2) is 4.98 Å². The van der Waals surface area contributed by atoms with Crippen molar-refractivity contribution in [2.45, 2.75) is 46.2 Å². The lowest BCUT2D eigenvalue weighted by molar-refractivity contribution is -0.117. The minimum absolute atomic E-state index is 0.0508. The van der Waals surface area contributed by atoms with E-state index in [4.69, 9.17) is 0 Å². The Bertz CT molecular complexity index is 937. The molecule has 1 aromatic carbocycles. The summed E-state index contributed by atoms with van der Waals surface area (Å²) in [6.07, 6.45) is 6.83. The van der Waals surface area contributed by atoms with Crippen molar-refractivity contribution in [3.8, 4) is 0 Å². The summed E-state index contributed by atoms with van der Waals surface area (Å²) in [6.45, 7) is 9.79. The Labute approximate surface area is 172 Å². The van der Waals surface area contributed by atoms with Crippen molar-refractivity contribution in [3.05, 3.63) is 53.5 Å². The van der Waals surface area contributed by atoms with Crippen LogP contribution in [-0.4, -0.2) is 35.0 Å². The first-order chi connectivity index (χ1) is 14.0. The summed E-state index contributed by atoms with van der Waals surface area (Å²) in [5, 5.41) is 6.96. The van der Waals surface area contributed by atoms with Crippen molar-refractivity contribution in [3.63, 3.8) is 0 Å². The number of nitrogens with zero attached hydrogens (tertiary/aromatic N) is 3. The van der Waals surface area contributed by atoms with E-state index in [9.17, 15) is 4.79 Å². The molecule has 3 atom stereocenters. The molecule has 4 rings (SSSR count). The van der Waals surface area contributed by atoms with Crippen molar-refractivity contribution in [2.75, 3.05) is 23.3 Å². The number of carbonyl (C=O) groups excluding carboxylic acids is 1. The Morgan fingerprint density at radius 1 is 1.24 bits per heavy atom.